The number of sulfonamides is 1. The minimum atomic E-state index is -3.85. The molecule has 12 heteroatoms. The standard InChI is InChI=1S/C22H19FN4O6S/c1-33-19-10-15(4-8-18(19)23)11-25-20(28)9-5-16-13-27(22(30)26-21(16)29)12-14-2-6-17(7-3-14)34(24,31)32/h2-4,6-8,10,13H,11-12H2,1H3,(H,25,28)(H2,24,31,32)(H,26,29,30). The van der Waals surface area contributed by atoms with Gasteiger partial charge < -0.3 is 10.1 Å². The van der Waals surface area contributed by atoms with Gasteiger partial charge in [-0.1, -0.05) is 18.2 Å². The number of rotatable bonds is 6. The van der Waals surface area contributed by atoms with Crippen LogP contribution in [0, 0.1) is 17.7 Å². The molecule has 0 radical (unpaired) electrons. The van der Waals surface area contributed by atoms with Crippen LogP contribution in [0.5, 0.6) is 5.75 Å². The third kappa shape index (κ3) is 6.18. The summed E-state index contributed by atoms with van der Waals surface area (Å²) in [6.07, 6.45) is 1.19. The van der Waals surface area contributed by atoms with Crippen molar-refractivity contribution < 1.29 is 22.3 Å². The number of carbonyl (C=O) groups is 1. The van der Waals surface area contributed by atoms with Crippen molar-refractivity contribution in [2.24, 2.45) is 5.14 Å². The van der Waals surface area contributed by atoms with E-state index in [-0.39, 0.29) is 29.3 Å². The lowest BCUT2D eigenvalue weighted by Gasteiger charge is -2.07. The average Bonchev–Trinajstić information content (AvgIpc) is 2.79. The number of carbonyl (C=O) groups excluding carboxylic acids is 1. The molecule has 0 spiro atoms. The molecule has 0 atom stereocenters. The Labute approximate surface area is 193 Å². The predicted molar refractivity (Wildman–Crippen MR) is 120 cm³/mol. The maximum Gasteiger partial charge on any atom is 0.328 e. The van der Waals surface area contributed by atoms with E-state index in [9.17, 15) is 27.2 Å². The van der Waals surface area contributed by atoms with E-state index in [4.69, 9.17) is 9.88 Å². The van der Waals surface area contributed by atoms with Gasteiger partial charge in [-0.2, -0.15) is 0 Å². The first-order valence-electron chi connectivity index (χ1n) is 9.64. The first-order chi connectivity index (χ1) is 16.1. The molecule has 0 saturated heterocycles. The van der Waals surface area contributed by atoms with Gasteiger partial charge in [0.05, 0.1) is 18.6 Å². The Balaban J connectivity index is 1.73. The van der Waals surface area contributed by atoms with Gasteiger partial charge >= 0.3 is 5.69 Å². The average molecular weight is 486 g/mol. The van der Waals surface area contributed by atoms with Crippen LogP contribution in [-0.4, -0.2) is 31.0 Å². The van der Waals surface area contributed by atoms with Gasteiger partial charge in [0, 0.05) is 18.7 Å². The molecule has 0 aliphatic carbocycles. The topological polar surface area (TPSA) is 153 Å². The third-order valence-corrected chi connectivity index (χ3v) is 5.52. The van der Waals surface area contributed by atoms with Crippen molar-refractivity contribution in [3.63, 3.8) is 0 Å². The number of hydrogen-bond acceptors (Lipinski definition) is 6. The summed E-state index contributed by atoms with van der Waals surface area (Å²) in [7, 11) is -2.53. The number of hydrogen-bond donors (Lipinski definition) is 3. The molecular weight excluding hydrogens is 467 g/mol. The molecule has 176 valence electrons. The zero-order valence-electron chi connectivity index (χ0n) is 17.8. The van der Waals surface area contributed by atoms with Crippen LogP contribution < -0.4 is 26.4 Å². The number of nitrogens with two attached hydrogens (primary N) is 1. The molecule has 3 aromatic rings. The molecule has 1 aromatic heterocycles. The summed E-state index contributed by atoms with van der Waals surface area (Å²) in [4.78, 5) is 38.3. The van der Waals surface area contributed by atoms with E-state index >= 15 is 0 Å². The molecule has 4 N–H and O–H groups in total. The summed E-state index contributed by atoms with van der Waals surface area (Å²) < 4.78 is 42.2. The molecule has 34 heavy (non-hydrogen) atoms. The molecule has 0 fully saturated rings. The highest BCUT2D eigenvalue weighted by atomic mass is 32.2. The van der Waals surface area contributed by atoms with E-state index in [1.165, 1.54) is 55.8 Å². The fourth-order valence-corrected chi connectivity index (χ4v) is 3.38. The number of amides is 1. The van der Waals surface area contributed by atoms with Crippen LogP contribution in [0.15, 0.2) is 63.1 Å². The quantitative estimate of drug-likeness (QED) is 0.419. The zero-order chi connectivity index (χ0) is 24.9. The number of primary sulfonamides is 1. The Hall–Kier alpha value is -4.21. The Bertz CT molecular complexity index is 1520. The Morgan fingerprint density at radius 3 is 2.50 bits per heavy atom. The van der Waals surface area contributed by atoms with Gasteiger partial charge in [-0.3, -0.25) is 19.1 Å². The number of aromatic nitrogens is 2. The molecule has 10 nitrogen and oxygen atoms in total. The number of nitrogens with zero attached hydrogens (tertiary/aromatic N) is 1. The van der Waals surface area contributed by atoms with Crippen molar-refractivity contribution >= 4 is 15.9 Å². The molecule has 1 amide bonds. The van der Waals surface area contributed by atoms with Gasteiger partial charge in [0.25, 0.3) is 11.5 Å². The van der Waals surface area contributed by atoms with Gasteiger partial charge in [0.2, 0.25) is 10.0 Å². The van der Waals surface area contributed by atoms with Crippen LogP contribution in [0.4, 0.5) is 4.39 Å². The second kappa shape index (κ2) is 10.2. The highest BCUT2D eigenvalue weighted by molar-refractivity contribution is 7.89. The lowest BCUT2D eigenvalue weighted by molar-refractivity contribution is -0.115. The van der Waals surface area contributed by atoms with Crippen molar-refractivity contribution in [3.05, 3.63) is 92.0 Å². The van der Waals surface area contributed by atoms with E-state index in [2.05, 4.69) is 22.1 Å². The van der Waals surface area contributed by atoms with Crippen molar-refractivity contribution in [1.82, 2.24) is 14.9 Å². The molecule has 1 heterocycles. The molecule has 0 unspecified atom stereocenters. The number of methoxy groups -OCH3 is 1. The Kier molecular flexibility index (Phi) is 7.30. The van der Waals surface area contributed by atoms with Crippen LogP contribution in [0.2, 0.25) is 0 Å². The van der Waals surface area contributed by atoms with Crippen LogP contribution >= 0.6 is 0 Å². The van der Waals surface area contributed by atoms with E-state index in [1.807, 2.05) is 0 Å². The normalized spacial score (nSPS) is 10.8. The molecule has 2 aromatic carbocycles. The van der Waals surface area contributed by atoms with Gasteiger partial charge in [-0.15, -0.1) is 0 Å². The SMILES string of the molecule is COc1cc(CNC(=O)C#Cc2cn(Cc3ccc(S(N)(=O)=O)cc3)c(=O)[nH]c2=O)ccc1F. The minimum absolute atomic E-state index is 0.00773. The monoisotopic (exact) mass is 486 g/mol. The third-order valence-electron chi connectivity index (χ3n) is 4.59. The van der Waals surface area contributed by atoms with Gasteiger partial charge in [0.15, 0.2) is 11.6 Å². The fourth-order valence-electron chi connectivity index (χ4n) is 2.86. The second-order valence-corrected chi connectivity index (χ2v) is 8.58. The number of halogens is 1. The van der Waals surface area contributed by atoms with Gasteiger partial charge in [-0.25, -0.2) is 22.7 Å². The number of nitrogens with one attached hydrogen (secondary N) is 2. The van der Waals surface area contributed by atoms with Crippen LogP contribution in [0.1, 0.15) is 16.7 Å². The van der Waals surface area contributed by atoms with Crippen molar-refractivity contribution in [1.29, 1.82) is 0 Å². The van der Waals surface area contributed by atoms with E-state index in [0.29, 0.717) is 11.1 Å². The smallest absolute Gasteiger partial charge is 0.328 e. The van der Waals surface area contributed by atoms with Gasteiger partial charge in [-0.05, 0) is 41.3 Å². The maximum absolute atomic E-state index is 13.5. The fraction of sp³-hybridized carbons (Fsp3) is 0.136. The summed E-state index contributed by atoms with van der Waals surface area (Å²) in [6.45, 7) is 0.0578. The predicted octanol–water partition coefficient (Wildman–Crippen LogP) is 0.0479. The van der Waals surface area contributed by atoms with E-state index in [0.717, 1.165) is 4.57 Å². The maximum atomic E-state index is 13.5. The first-order valence-corrected chi connectivity index (χ1v) is 11.2. The highest BCUT2D eigenvalue weighted by Gasteiger charge is 2.09. The first kappa shape index (κ1) is 24.4. The van der Waals surface area contributed by atoms with Crippen LogP contribution in [0.25, 0.3) is 0 Å². The van der Waals surface area contributed by atoms with Gasteiger partial charge in [0.1, 0.15) is 5.56 Å². The molecule has 0 aliphatic heterocycles. The minimum Gasteiger partial charge on any atom is -0.494 e. The van der Waals surface area contributed by atoms with Crippen molar-refractivity contribution in [2.75, 3.05) is 7.11 Å². The molecule has 0 aliphatic rings. The Morgan fingerprint density at radius 1 is 1.18 bits per heavy atom. The lowest BCUT2D eigenvalue weighted by atomic mass is 10.2. The number of aromatic amines is 1. The highest BCUT2D eigenvalue weighted by Crippen LogP contribution is 2.18. The van der Waals surface area contributed by atoms with Crippen molar-refractivity contribution in [2.45, 2.75) is 18.0 Å². The number of benzene rings is 2. The Morgan fingerprint density at radius 2 is 1.85 bits per heavy atom. The summed E-state index contributed by atoms with van der Waals surface area (Å²) in [5, 5.41) is 7.57. The largest absolute Gasteiger partial charge is 0.494 e. The lowest BCUT2D eigenvalue weighted by Crippen LogP contribution is -2.31. The number of ether oxygens (including phenoxy) is 1. The molecular formula is C22H19FN4O6S. The summed E-state index contributed by atoms with van der Waals surface area (Å²) in [6, 6.07) is 9.64. The summed E-state index contributed by atoms with van der Waals surface area (Å²) in [5.74, 6) is 3.48. The van der Waals surface area contributed by atoms with Crippen LogP contribution in [0.3, 0.4) is 0 Å². The molecule has 0 saturated carbocycles. The molecule has 0 bridgehead atoms. The zero-order valence-corrected chi connectivity index (χ0v) is 18.6. The second-order valence-electron chi connectivity index (χ2n) is 7.02. The summed E-state index contributed by atoms with van der Waals surface area (Å²) >= 11 is 0. The van der Waals surface area contributed by atoms with E-state index < -0.39 is 33.0 Å². The van der Waals surface area contributed by atoms with Crippen molar-refractivity contribution in [3.8, 4) is 17.6 Å². The van der Waals surface area contributed by atoms with E-state index in [1.54, 1.807) is 0 Å². The number of H-pyrrole nitrogens is 1. The van der Waals surface area contributed by atoms with Crippen LogP contribution in [-0.2, 0) is 27.9 Å². The summed E-state index contributed by atoms with van der Waals surface area (Å²) in [5.41, 5.74) is -0.462. The molecule has 3 rings (SSSR count).